The number of hydrogen-bond acceptors (Lipinski definition) is 4. The number of H-pyrrole nitrogens is 1. The van der Waals surface area contributed by atoms with Crippen molar-refractivity contribution < 1.29 is 10.2 Å². The van der Waals surface area contributed by atoms with E-state index in [4.69, 9.17) is 0 Å². The Morgan fingerprint density at radius 1 is 1.27 bits per heavy atom. The Kier molecular flexibility index (Phi) is 2.62. The van der Waals surface area contributed by atoms with Crippen molar-refractivity contribution in [3.63, 3.8) is 0 Å². The molecule has 2 heterocycles. The summed E-state index contributed by atoms with van der Waals surface area (Å²) in [5.74, 6) is 2.30. The summed E-state index contributed by atoms with van der Waals surface area (Å²) in [6.45, 7) is -0.179. The van der Waals surface area contributed by atoms with Gasteiger partial charge in [-0.05, 0) is 60.6 Å². The van der Waals surface area contributed by atoms with Gasteiger partial charge in [-0.3, -0.25) is 5.10 Å². The minimum atomic E-state index is -0.694. The number of nitrogens with one attached hydrogen (secondary N) is 2. The topological polar surface area (TPSA) is 81.2 Å². The van der Waals surface area contributed by atoms with E-state index in [2.05, 4.69) is 21.6 Å². The molecule has 2 saturated carbocycles. The van der Waals surface area contributed by atoms with Gasteiger partial charge in [-0.2, -0.15) is 5.10 Å². The minimum absolute atomic E-state index is 0.0397. The van der Waals surface area contributed by atoms with E-state index in [0.29, 0.717) is 23.7 Å². The van der Waals surface area contributed by atoms with Crippen molar-refractivity contribution in [1.82, 2.24) is 10.2 Å². The molecule has 1 aromatic heterocycles. The van der Waals surface area contributed by atoms with Crippen LogP contribution in [0.1, 0.15) is 30.7 Å². The summed E-state index contributed by atoms with van der Waals surface area (Å²) < 4.78 is 0. The van der Waals surface area contributed by atoms with Gasteiger partial charge in [-0.25, -0.2) is 0 Å². The van der Waals surface area contributed by atoms with E-state index in [1.165, 1.54) is 30.2 Å². The molecular formula is C17H21N3O2. The van der Waals surface area contributed by atoms with Crippen LogP contribution in [0.3, 0.4) is 0 Å². The lowest BCUT2D eigenvalue weighted by Gasteiger charge is -2.44. The largest absolute Gasteiger partial charge is 0.394 e. The Bertz CT molecular complexity index is 728. The molecule has 5 nitrogen and oxygen atoms in total. The molecule has 2 aromatic rings. The summed E-state index contributed by atoms with van der Waals surface area (Å²) in [4.78, 5) is 0. The van der Waals surface area contributed by atoms with Crippen molar-refractivity contribution in [3.05, 3.63) is 23.9 Å². The van der Waals surface area contributed by atoms with Gasteiger partial charge < -0.3 is 15.5 Å². The number of rotatable bonds is 2. The molecule has 3 aliphatic rings. The lowest BCUT2D eigenvalue weighted by Crippen LogP contribution is -2.49. The second-order valence-electron chi connectivity index (χ2n) is 7.21. The number of anilines is 1. The maximum atomic E-state index is 10.3. The van der Waals surface area contributed by atoms with Crippen molar-refractivity contribution in [3.8, 4) is 0 Å². The zero-order valence-electron chi connectivity index (χ0n) is 12.4. The minimum Gasteiger partial charge on any atom is -0.394 e. The maximum absolute atomic E-state index is 10.3. The Hall–Kier alpha value is -1.59. The monoisotopic (exact) mass is 299 g/mol. The molecule has 0 spiro atoms. The van der Waals surface area contributed by atoms with Crippen LogP contribution >= 0.6 is 0 Å². The molecule has 2 fully saturated rings. The normalized spacial score (nSPS) is 36.9. The Morgan fingerprint density at radius 2 is 2.14 bits per heavy atom. The third kappa shape index (κ3) is 1.53. The number of benzene rings is 1. The fourth-order valence-corrected chi connectivity index (χ4v) is 5.55. The number of nitrogens with zero attached hydrogens (tertiary/aromatic N) is 1. The average molecular weight is 299 g/mol. The van der Waals surface area contributed by atoms with Gasteiger partial charge in [0.2, 0.25) is 0 Å². The highest BCUT2D eigenvalue weighted by Crippen LogP contribution is 2.62. The zero-order valence-corrected chi connectivity index (χ0v) is 12.4. The number of aromatic amines is 1. The van der Waals surface area contributed by atoms with Crippen LogP contribution in [0.4, 0.5) is 5.69 Å². The van der Waals surface area contributed by atoms with E-state index in [1.54, 1.807) is 0 Å². The first-order chi connectivity index (χ1) is 10.8. The first-order valence-corrected chi connectivity index (χ1v) is 8.29. The van der Waals surface area contributed by atoms with Crippen molar-refractivity contribution in [2.45, 2.75) is 37.3 Å². The van der Waals surface area contributed by atoms with E-state index in [9.17, 15) is 10.2 Å². The maximum Gasteiger partial charge on any atom is 0.0974 e. The molecule has 3 unspecified atom stereocenters. The predicted molar refractivity (Wildman–Crippen MR) is 83.7 cm³/mol. The molecule has 0 radical (unpaired) electrons. The van der Waals surface area contributed by atoms with Gasteiger partial charge in [-0.1, -0.05) is 0 Å². The van der Waals surface area contributed by atoms with E-state index in [1.807, 2.05) is 12.3 Å². The quantitative estimate of drug-likeness (QED) is 0.682. The van der Waals surface area contributed by atoms with Gasteiger partial charge in [0.1, 0.15) is 0 Å². The predicted octanol–water partition coefficient (Wildman–Crippen LogP) is 1.84. The van der Waals surface area contributed by atoms with Crippen LogP contribution in [0.15, 0.2) is 18.3 Å². The molecule has 2 aliphatic carbocycles. The highest BCUT2D eigenvalue weighted by molar-refractivity contribution is 5.88. The van der Waals surface area contributed by atoms with Crippen LogP contribution in [-0.2, 0) is 0 Å². The average Bonchev–Trinajstić information content (AvgIpc) is 3.27. The highest BCUT2D eigenvalue weighted by atomic mass is 16.3. The molecule has 116 valence electrons. The van der Waals surface area contributed by atoms with Gasteiger partial charge in [0.05, 0.1) is 30.5 Å². The summed E-state index contributed by atoms with van der Waals surface area (Å²) in [6, 6.07) is 4.10. The lowest BCUT2D eigenvalue weighted by atomic mass is 9.67. The fourth-order valence-electron chi connectivity index (χ4n) is 5.55. The van der Waals surface area contributed by atoms with Gasteiger partial charge in [0, 0.05) is 11.1 Å². The van der Waals surface area contributed by atoms with Crippen molar-refractivity contribution in [2.75, 3.05) is 11.9 Å². The molecule has 22 heavy (non-hydrogen) atoms. The van der Waals surface area contributed by atoms with Crippen LogP contribution in [-0.4, -0.2) is 39.2 Å². The second kappa shape index (κ2) is 4.46. The smallest absolute Gasteiger partial charge is 0.0974 e. The first-order valence-electron chi connectivity index (χ1n) is 8.29. The van der Waals surface area contributed by atoms with Crippen molar-refractivity contribution in [1.29, 1.82) is 0 Å². The third-order valence-corrected chi connectivity index (χ3v) is 6.32. The number of fused-ring (bicyclic) bond motifs is 9. The second-order valence-corrected chi connectivity index (χ2v) is 7.21. The standard InChI is InChI=1S/C17H21N3O2/c21-7-13(22)17-15-9-2-1-8(5-9)14(15)16-10-6-18-20-11(10)3-4-12(16)19-17/h3-4,6,8-9,13-15,17,19,21-22H,1-2,5,7H2,(H,18,20)/t8?,9?,13?,14-,15+,17-/m0/s1. The number of aliphatic hydroxyl groups is 2. The van der Waals surface area contributed by atoms with Gasteiger partial charge in [-0.15, -0.1) is 0 Å². The van der Waals surface area contributed by atoms with Crippen LogP contribution in [0.2, 0.25) is 0 Å². The molecule has 0 saturated heterocycles. The van der Waals surface area contributed by atoms with Crippen LogP contribution in [0.25, 0.3) is 10.9 Å². The number of hydrogen-bond donors (Lipinski definition) is 4. The summed E-state index contributed by atoms with van der Waals surface area (Å²) in [5.41, 5.74) is 3.58. The first kappa shape index (κ1) is 12.9. The summed E-state index contributed by atoms with van der Waals surface area (Å²) in [5, 5.41) is 31.8. The SMILES string of the molecule is OCC(O)[C@@H]1Nc2ccc3[nH]ncc3c2[C@H]2C3CCC(C3)[C@@H]12. The zero-order chi connectivity index (χ0) is 14.8. The molecule has 6 atom stereocenters. The highest BCUT2D eigenvalue weighted by Gasteiger charge is 2.55. The van der Waals surface area contributed by atoms with E-state index in [0.717, 1.165) is 11.2 Å². The van der Waals surface area contributed by atoms with Crippen LogP contribution in [0, 0.1) is 17.8 Å². The molecular weight excluding hydrogens is 278 g/mol. The Morgan fingerprint density at radius 3 is 3.00 bits per heavy atom. The van der Waals surface area contributed by atoms with E-state index in [-0.39, 0.29) is 12.6 Å². The van der Waals surface area contributed by atoms with Crippen LogP contribution < -0.4 is 5.32 Å². The van der Waals surface area contributed by atoms with E-state index < -0.39 is 6.10 Å². The molecule has 2 bridgehead atoms. The molecule has 5 rings (SSSR count). The number of aliphatic hydroxyl groups excluding tert-OH is 2. The molecule has 4 N–H and O–H groups in total. The van der Waals surface area contributed by atoms with Crippen molar-refractivity contribution >= 4 is 16.6 Å². The fraction of sp³-hybridized carbons (Fsp3) is 0.588. The van der Waals surface area contributed by atoms with Gasteiger partial charge in [0.25, 0.3) is 0 Å². The third-order valence-electron chi connectivity index (χ3n) is 6.32. The van der Waals surface area contributed by atoms with Gasteiger partial charge >= 0.3 is 0 Å². The Balaban J connectivity index is 1.71. The molecule has 0 amide bonds. The molecule has 1 aliphatic heterocycles. The summed E-state index contributed by atoms with van der Waals surface area (Å²) in [7, 11) is 0. The van der Waals surface area contributed by atoms with Crippen LogP contribution in [0.5, 0.6) is 0 Å². The van der Waals surface area contributed by atoms with Gasteiger partial charge in [0.15, 0.2) is 0 Å². The number of aromatic nitrogens is 2. The molecule has 1 aromatic carbocycles. The Labute approximate surface area is 128 Å². The lowest BCUT2D eigenvalue weighted by molar-refractivity contribution is 0.0460. The summed E-state index contributed by atoms with van der Waals surface area (Å²) >= 11 is 0. The summed E-state index contributed by atoms with van der Waals surface area (Å²) in [6.07, 6.45) is 5.06. The van der Waals surface area contributed by atoms with Crippen molar-refractivity contribution in [2.24, 2.45) is 17.8 Å². The molecule has 5 heteroatoms. The van der Waals surface area contributed by atoms with E-state index >= 15 is 0 Å².